The molecule has 0 spiro atoms. The minimum Gasteiger partial charge on any atom is -0.324 e. The number of halogens is 1. The van der Waals surface area contributed by atoms with Crippen molar-refractivity contribution in [1.82, 2.24) is 4.90 Å². The lowest BCUT2D eigenvalue weighted by atomic mass is 10.2. The summed E-state index contributed by atoms with van der Waals surface area (Å²) in [5.74, 6) is 0.124. The number of carbonyl (C=O) groups excluding carboxylic acids is 2. The van der Waals surface area contributed by atoms with Crippen LogP contribution in [0.3, 0.4) is 0 Å². The number of rotatable bonds is 3. The molecule has 96 valence electrons. The minimum absolute atomic E-state index is 0.0443. The normalized spacial score (nSPS) is 15.0. The van der Waals surface area contributed by atoms with Gasteiger partial charge in [0.15, 0.2) is 0 Å². The molecule has 1 aromatic carbocycles. The fourth-order valence-corrected chi connectivity index (χ4v) is 2.52. The summed E-state index contributed by atoms with van der Waals surface area (Å²) in [6, 6.07) is 4.16. The van der Waals surface area contributed by atoms with Gasteiger partial charge in [-0.1, -0.05) is 11.8 Å². The molecule has 1 aliphatic rings. The molecule has 0 saturated carbocycles. The third kappa shape index (κ3) is 3.01. The number of carbonyl (C=O) groups is 2. The molecule has 0 atom stereocenters. The highest BCUT2D eigenvalue weighted by Gasteiger charge is 2.23. The Bertz CT molecular complexity index is 493. The first-order chi connectivity index (χ1) is 8.56. The molecule has 0 aromatic heterocycles. The second-order valence-corrected chi connectivity index (χ2v) is 5.09. The van der Waals surface area contributed by atoms with E-state index in [0.29, 0.717) is 17.8 Å². The van der Waals surface area contributed by atoms with Gasteiger partial charge in [-0.05, 0) is 30.7 Å². The van der Waals surface area contributed by atoms with E-state index >= 15 is 0 Å². The van der Waals surface area contributed by atoms with E-state index in [-0.39, 0.29) is 23.5 Å². The number of thioether (sulfide) groups is 1. The first-order valence-corrected chi connectivity index (χ1v) is 6.52. The van der Waals surface area contributed by atoms with Crippen molar-refractivity contribution in [2.45, 2.75) is 6.92 Å². The van der Waals surface area contributed by atoms with Crippen LogP contribution in [-0.2, 0) is 4.79 Å². The summed E-state index contributed by atoms with van der Waals surface area (Å²) in [6.07, 6.45) is 0. The first-order valence-electron chi connectivity index (χ1n) is 5.54. The van der Waals surface area contributed by atoms with Gasteiger partial charge in [-0.3, -0.25) is 9.59 Å². The number of nitrogens with zero attached hydrogens (tertiary/aromatic N) is 1. The lowest BCUT2D eigenvalue weighted by Crippen LogP contribution is -2.33. The monoisotopic (exact) mass is 268 g/mol. The van der Waals surface area contributed by atoms with E-state index in [0.717, 1.165) is 5.75 Å². The summed E-state index contributed by atoms with van der Waals surface area (Å²) in [7, 11) is 0. The summed E-state index contributed by atoms with van der Waals surface area (Å²) in [5.41, 5.74) is 1.23. The molecule has 6 heteroatoms. The van der Waals surface area contributed by atoms with Gasteiger partial charge < -0.3 is 10.2 Å². The Kier molecular flexibility index (Phi) is 3.86. The zero-order valence-electron chi connectivity index (χ0n) is 9.90. The zero-order chi connectivity index (χ0) is 13.1. The molecule has 1 fully saturated rings. The van der Waals surface area contributed by atoms with Gasteiger partial charge in [0.1, 0.15) is 12.4 Å². The van der Waals surface area contributed by atoms with E-state index in [1.165, 1.54) is 34.9 Å². The maximum Gasteiger partial charge on any atom is 0.282 e. The largest absolute Gasteiger partial charge is 0.324 e. The average Bonchev–Trinajstić information content (AvgIpc) is 2.69. The first kappa shape index (κ1) is 12.9. The Morgan fingerprint density at radius 1 is 1.56 bits per heavy atom. The Hall–Kier alpha value is -1.56. The highest BCUT2D eigenvalue weighted by molar-refractivity contribution is 8.13. The van der Waals surface area contributed by atoms with Gasteiger partial charge in [0, 0.05) is 18.0 Å². The molecule has 1 heterocycles. The maximum atomic E-state index is 12.9. The molecule has 1 N–H and O–H groups in total. The highest BCUT2D eigenvalue weighted by atomic mass is 32.2. The molecular weight excluding hydrogens is 255 g/mol. The van der Waals surface area contributed by atoms with Crippen molar-refractivity contribution in [2.24, 2.45) is 0 Å². The van der Waals surface area contributed by atoms with Crippen LogP contribution in [-0.4, -0.2) is 34.9 Å². The van der Waals surface area contributed by atoms with Crippen LogP contribution in [0.25, 0.3) is 0 Å². The molecule has 0 radical (unpaired) electrons. The predicted molar refractivity (Wildman–Crippen MR) is 69.2 cm³/mol. The molecule has 1 aliphatic heterocycles. The highest BCUT2D eigenvalue weighted by Crippen LogP contribution is 2.18. The number of amides is 2. The molecule has 0 bridgehead atoms. The molecule has 1 aromatic rings. The van der Waals surface area contributed by atoms with Crippen LogP contribution < -0.4 is 5.32 Å². The molecule has 1 saturated heterocycles. The number of hydrogen-bond donors (Lipinski definition) is 1. The molecule has 0 aliphatic carbocycles. The van der Waals surface area contributed by atoms with Gasteiger partial charge in [-0.2, -0.15) is 0 Å². The third-order valence-corrected chi connectivity index (χ3v) is 3.53. The fourth-order valence-electron chi connectivity index (χ4n) is 1.70. The quantitative estimate of drug-likeness (QED) is 0.914. The number of benzene rings is 1. The third-order valence-electron chi connectivity index (χ3n) is 2.64. The molecule has 0 unspecified atom stereocenters. The lowest BCUT2D eigenvalue weighted by Gasteiger charge is -2.14. The Morgan fingerprint density at radius 2 is 2.33 bits per heavy atom. The second kappa shape index (κ2) is 5.39. The van der Waals surface area contributed by atoms with Crippen molar-refractivity contribution in [3.8, 4) is 0 Å². The fraction of sp³-hybridized carbons (Fsp3) is 0.333. The average molecular weight is 268 g/mol. The van der Waals surface area contributed by atoms with Gasteiger partial charge in [-0.15, -0.1) is 0 Å². The Morgan fingerprint density at radius 3 is 2.94 bits per heavy atom. The van der Waals surface area contributed by atoms with E-state index < -0.39 is 0 Å². The van der Waals surface area contributed by atoms with Crippen molar-refractivity contribution in [3.05, 3.63) is 29.6 Å². The summed E-state index contributed by atoms with van der Waals surface area (Å²) in [4.78, 5) is 24.6. The van der Waals surface area contributed by atoms with Gasteiger partial charge >= 0.3 is 0 Å². The number of hydrogen-bond acceptors (Lipinski definition) is 3. The van der Waals surface area contributed by atoms with Crippen molar-refractivity contribution < 1.29 is 14.0 Å². The van der Waals surface area contributed by atoms with E-state index in [9.17, 15) is 14.0 Å². The predicted octanol–water partition coefficient (Wildman–Crippen LogP) is 2.24. The maximum absolute atomic E-state index is 12.9. The van der Waals surface area contributed by atoms with Crippen molar-refractivity contribution in [3.63, 3.8) is 0 Å². The minimum atomic E-state index is -0.336. The summed E-state index contributed by atoms with van der Waals surface area (Å²) in [5, 5.41) is 2.61. The van der Waals surface area contributed by atoms with Crippen LogP contribution in [0.2, 0.25) is 0 Å². The molecular formula is C12H13FN2O2S. The van der Waals surface area contributed by atoms with Crippen LogP contribution in [0.15, 0.2) is 18.2 Å². The van der Waals surface area contributed by atoms with E-state index in [2.05, 4.69) is 5.32 Å². The molecule has 2 rings (SSSR count). The molecule has 4 nitrogen and oxygen atoms in total. The number of nitrogens with one attached hydrogen (secondary N) is 1. The van der Waals surface area contributed by atoms with Gasteiger partial charge in [0.2, 0.25) is 5.91 Å². The SMILES string of the molecule is Cc1cc(F)ccc1NC(=O)CN1CCSC1=O. The lowest BCUT2D eigenvalue weighted by molar-refractivity contribution is -0.116. The standard InChI is InChI=1S/C12H13FN2O2S/c1-8-6-9(13)2-3-10(8)14-11(16)7-15-4-5-18-12(15)17/h2-3,6H,4-5,7H2,1H3,(H,14,16). The zero-order valence-corrected chi connectivity index (χ0v) is 10.7. The van der Waals surface area contributed by atoms with Crippen LogP contribution in [0.1, 0.15) is 5.56 Å². The van der Waals surface area contributed by atoms with Crippen molar-refractivity contribution in [1.29, 1.82) is 0 Å². The second-order valence-electron chi connectivity index (χ2n) is 4.04. The molecule has 2 amide bonds. The van der Waals surface area contributed by atoms with Crippen molar-refractivity contribution in [2.75, 3.05) is 24.2 Å². The van der Waals surface area contributed by atoms with Gasteiger partial charge in [0.25, 0.3) is 5.24 Å². The molecule has 18 heavy (non-hydrogen) atoms. The van der Waals surface area contributed by atoms with Crippen molar-refractivity contribution >= 4 is 28.6 Å². The Balaban J connectivity index is 1.96. The summed E-state index contributed by atoms with van der Waals surface area (Å²) in [6.45, 7) is 2.36. The van der Waals surface area contributed by atoms with E-state index in [4.69, 9.17) is 0 Å². The number of aryl methyl sites for hydroxylation is 1. The smallest absolute Gasteiger partial charge is 0.282 e. The summed E-state index contributed by atoms with van der Waals surface area (Å²) >= 11 is 1.22. The van der Waals surface area contributed by atoms with Gasteiger partial charge in [-0.25, -0.2) is 4.39 Å². The Labute approximate surface area is 109 Å². The topological polar surface area (TPSA) is 49.4 Å². The van der Waals surface area contributed by atoms with Gasteiger partial charge in [0.05, 0.1) is 0 Å². The number of anilines is 1. The van der Waals surface area contributed by atoms with Crippen LogP contribution in [0.5, 0.6) is 0 Å². The van der Waals surface area contributed by atoms with E-state index in [1.807, 2.05) is 0 Å². The van der Waals surface area contributed by atoms with Crippen LogP contribution >= 0.6 is 11.8 Å². The summed E-state index contributed by atoms with van der Waals surface area (Å²) < 4.78 is 12.9. The van der Waals surface area contributed by atoms with Crippen LogP contribution in [0.4, 0.5) is 14.9 Å². The van der Waals surface area contributed by atoms with Crippen LogP contribution in [0, 0.1) is 12.7 Å². The van der Waals surface area contributed by atoms with E-state index in [1.54, 1.807) is 6.92 Å².